The molecule has 0 spiro atoms. The van der Waals surface area contributed by atoms with Gasteiger partial charge in [-0.25, -0.2) is 0 Å². The third-order valence-electron chi connectivity index (χ3n) is 4.77. The molecule has 130 valence electrons. The highest BCUT2D eigenvalue weighted by molar-refractivity contribution is 5.82. The maximum atomic E-state index is 12.7. The third-order valence-corrected chi connectivity index (χ3v) is 4.77. The third kappa shape index (κ3) is 4.51. The summed E-state index contributed by atoms with van der Waals surface area (Å²) in [5.74, 6) is 0.913. The molecule has 23 heavy (non-hydrogen) atoms. The van der Waals surface area contributed by atoms with Gasteiger partial charge in [-0.1, -0.05) is 6.92 Å². The Labute approximate surface area is 138 Å². The van der Waals surface area contributed by atoms with E-state index in [1.807, 2.05) is 11.5 Å². The predicted octanol–water partition coefficient (Wildman–Crippen LogP) is 1.22. The van der Waals surface area contributed by atoms with Gasteiger partial charge < -0.3 is 19.5 Å². The summed E-state index contributed by atoms with van der Waals surface area (Å²) in [7, 11) is 3.79. The second kappa shape index (κ2) is 7.88. The summed E-state index contributed by atoms with van der Waals surface area (Å²) in [4.78, 5) is 15.0. The number of piperidine rings is 1. The fourth-order valence-electron chi connectivity index (χ4n) is 2.93. The van der Waals surface area contributed by atoms with E-state index in [0.717, 1.165) is 44.7 Å². The molecule has 7 nitrogen and oxygen atoms in total. The van der Waals surface area contributed by atoms with Crippen LogP contribution in [0.25, 0.3) is 0 Å². The lowest BCUT2D eigenvalue weighted by Crippen LogP contribution is -2.47. The lowest BCUT2D eigenvalue weighted by Gasteiger charge is -2.37. The van der Waals surface area contributed by atoms with Crippen LogP contribution < -0.4 is 5.32 Å². The van der Waals surface area contributed by atoms with E-state index in [1.54, 1.807) is 13.4 Å². The molecule has 1 aromatic heterocycles. The molecule has 1 aliphatic rings. The number of carbonyl (C=O) groups excluding carboxylic acids is 1. The van der Waals surface area contributed by atoms with Gasteiger partial charge in [0, 0.05) is 25.7 Å². The smallest absolute Gasteiger partial charge is 0.226 e. The maximum absolute atomic E-state index is 12.7. The van der Waals surface area contributed by atoms with Crippen molar-refractivity contribution in [3.8, 4) is 0 Å². The molecule has 7 heteroatoms. The highest BCUT2D eigenvalue weighted by Gasteiger charge is 2.37. The Morgan fingerprint density at radius 3 is 2.83 bits per heavy atom. The van der Waals surface area contributed by atoms with Gasteiger partial charge in [0.15, 0.2) is 5.82 Å². The van der Waals surface area contributed by atoms with Gasteiger partial charge >= 0.3 is 0 Å². The van der Waals surface area contributed by atoms with Gasteiger partial charge in [-0.3, -0.25) is 4.79 Å². The molecule has 1 amide bonds. The zero-order valence-electron chi connectivity index (χ0n) is 14.7. The molecule has 1 atom stereocenters. The highest BCUT2D eigenvalue weighted by atomic mass is 16.5. The summed E-state index contributed by atoms with van der Waals surface area (Å²) in [5.41, 5.74) is -0.290. The second-order valence-electron chi connectivity index (χ2n) is 6.79. The predicted molar refractivity (Wildman–Crippen MR) is 87.9 cm³/mol. The summed E-state index contributed by atoms with van der Waals surface area (Å²) in [6.45, 7) is 7.44. The van der Waals surface area contributed by atoms with E-state index in [4.69, 9.17) is 4.74 Å². The van der Waals surface area contributed by atoms with Crippen LogP contribution >= 0.6 is 0 Å². The summed E-state index contributed by atoms with van der Waals surface area (Å²) >= 11 is 0. The molecule has 0 bridgehead atoms. The summed E-state index contributed by atoms with van der Waals surface area (Å²) in [6.07, 6.45) is 4.39. The molecule has 2 heterocycles. The van der Waals surface area contributed by atoms with Crippen molar-refractivity contribution in [2.45, 2.75) is 45.7 Å². The van der Waals surface area contributed by atoms with Crippen molar-refractivity contribution in [2.24, 2.45) is 5.41 Å². The van der Waals surface area contributed by atoms with Gasteiger partial charge in [-0.2, -0.15) is 0 Å². The van der Waals surface area contributed by atoms with E-state index >= 15 is 0 Å². The summed E-state index contributed by atoms with van der Waals surface area (Å²) in [5, 5.41) is 11.3. The Balaban J connectivity index is 1.95. The van der Waals surface area contributed by atoms with Crippen LogP contribution in [0.3, 0.4) is 0 Å². The number of carbonyl (C=O) groups is 1. The number of nitrogens with zero attached hydrogens (tertiary/aromatic N) is 4. The SMILES string of the molecule is COCCCn1cnnc1[C@H](C)NC(=O)C1(C)CCN(C)CC1. The van der Waals surface area contributed by atoms with Crippen molar-refractivity contribution >= 4 is 5.91 Å². The van der Waals surface area contributed by atoms with Crippen LogP contribution in [-0.4, -0.2) is 59.4 Å². The number of aromatic nitrogens is 3. The molecule has 1 aliphatic heterocycles. The van der Waals surface area contributed by atoms with E-state index in [-0.39, 0.29) is 17.4 Å². The van der Waals surface area contributed by atoms with Crippen LogP contribution in [0.1, 0.15) is 45.0 Å². The number of likely N-dealkylation sites (tertiary alicyclic amines) is 1. The zero-order chi connectivity index (χ0) is 16.9. The molecule has 0 aromatic carbocycles. The lowest BCUT2D eigenvalue weighted by molar-refractivity contribution is -0.133. The van der Waals surface area contributed by atoms with Crippen molar-refractivity contribution in [3.05, 3.63) is 12.2 Å². The Morgan fingerprint density at radius 1 is 1.48 bits per heavy atom. The number of aryl methyl sites for hydroxylation is 1. The van der Waals surface area contributed by atoms with E-state index < -0.39 is 0 Å². The zero-order valence-corrected chi connectivity index (χ0v) is 14.7. The Morgan fingerprint density at radius 2 is 2.17 bits per heavy atom. The van der Waals surface area contributed by atoms with E-state index in [2.05, 4.69) is 34.4 Å². The minimum absolute atomic E-state index is 0.115. The molecule has 1 N–H and O–H groups in total. The normalized spacial score (nSPS) is 19.5. The molecule has 0 unspecified atom stereocenters. The Hall–Kier alpha value is -1.47. The number of ether oxygens (including phenoxy) is 1. The van der Waals surface area contributed by atoms with Crippen LogP contribution in [0.2, 0.25) is 0 Å². The monoisotopic (exact) mass is 323 g/mol. The van der Waals surface area contributed by atoms with Crippen molar-refractivity contribution in [2.75, 3.05) is 33.9 Å². The first kappa shape index (κ1) is 17.9. The average Bonchev–Trinajstić information content (AvgIpc) is 2.99. The number of nitrogens with one attached hydrogen (secondary N) is 1. The Bertz CT molecular complexity index is 508. The molecule has 2 rings (SSSR count). The summed E-state index contributed by atoms with van der Waals surface area (Å²) in [6, 6.07) is -0.149. The van der Waals surface area contributed by atoms with E-state index in [1.165, 1.54) is 0 Å². The average molecular weight is 323 g/mol. The Kier molecular flexibility index (Phi) is 6.12. The standard InChI is InChI=1S/C16H29N5O2/c1-13(14-19-17-12-21(14)8-5-11-23-4)18-15(22)16(2)6-9-20(3)10-7-16/h12-13H,5-11H2,1-4H3,(H,18,22)/t13-/m0/s1. The quantitative estimate of drug-likeness (QED) is 0.764. The fraction of sp³-hybridized carbons (Fsp3) is 0.812. The molecule has 0 aliphatic carbocycles. The first-order valence-electron chi connectivity index (χ1n) is 8.32. The van der Waals surface area contributed by atoms with Crippen LogP contribution in [0.15, 0.2) is 6.33 Å². The van der Waals surface area contributed by atoms with Crippen molar-refractivity contribution in [1.82, 2.24) is 25.0 Å². The first-order chi connectivity index (χ1) is 11.0. The van der Waals surface area contributed by atoms with Crippen LogP contribution in [0, 0.1) is 5.41 Å². The minimum Gasteiger partial charge on any atom is -0.385 e. The molecule has 1 fully saturated rings. The van der Waals surface area contributed by atoms with Gasteiger partial charge in [-0.15, -0.1) is 10.2 Å². The molecular weight excluding hydrogens is 294 g/mol. The van der Waals surface area contributed by atoms with Crippen LogP contribution in [0.4, 0.5) is 0 Å². The highest BCUT2D eigenvalue weighted by Crippen LogP contribution is 2.31. The number of rotatable bonds is 7. The molecule has 0 radical (unpaired) electrons. The number of hydrogen-bond acceptors (Lipinski definition) is 5. The molecule has 1 aromatic rings. The molecule has 0 saturated carbocycles. The van der Waals surface area contributed by atoms with Crippen LogP contribution in [0.5, 0.6) is 0 Å². The van der Waals surface area contributed by atoms with Crippen molar-refractivity contribution in [1.29, 1.82) is 0 Å². The van der Waals surface area contributed by atoms with Gasteiger partial charge in [0.05, 0.1) is 6.04 Å². The van der Waals surface area contributed by atoms with Gasteiger partial charge in [0.2, 0.25) is 5.91 Å². The van der Waals surface area contributed by atoms with Gasteiger partial charge in [0.25, 0.3) is 0 Å². The fourth-order valence-corrected chi connectivity index (χ4v) is 2.93. The number of methoxy groups -OCH3 is 1. The molecule has 1 saturated heterocycles. The lowest BCUT2D eigenvalue weighted by atomic mass is 9.79. The van der Waals surface area contributed by atoms with Crippen molar-refractivity contribution < 1.29 is 9.53 Å². The largest absolute Gasteiger partial charge is 0.385 e. The first-order valence-corrected chi connectivity index (χ1v) is 8.32. The summed E-state index contributed by atoms with van der Waals surface area (Å²) < 4.78 is 7.07. The van der Waals surface area contributed by atoms with E-state index in [0.29, 0.717) is 6.61 Å². The van der Waals surface area contributed by atoms with E-state index in [9.17, 15) is 4.79 Å². The minimum atomic E-state index is -0.290. The topological polar surface area (TPSA) is 72.3 Å². The van der Waals surface area contributed by atoms with Crippen LogP contribution in [-0.2, 0) is 16.1 Å². The van der Waals surface area contributed by atoms with Gasteiger partial charge in [-0.05, 0) is 46.3 Å². The number of amides is 1. The molecular formula is C16H29N5O2. The number of hydrogen-bond donors (Lipinski definition) is 1. The second-order valence-corrected chi connectivity index (χ2v) is 6.79. The van der Waals surface area contributed by atoms with Gasteiger partial charge in [0.1, 0.15) is 6.33 Å². The maximum Gasteiger partial charge on any atom is 0.226 e. The van der Waals surface area contributed by atoms with Crippen molar-refractivity contribution in [3.63, 3.8) is 0 Å².